The molecule has 5 aliphatic rings. The van der Waals surface area contributed by atoms with Crippen LogP contribution in [-0.4, -0.2) is 91.5 Å². The van der Waals surface area contributed by atoms with Gasteiger partial charge in [-0.15, -0.1) is 0 Å². The van der Waals surface area contributed by atoms with Gasteiger partial charge in [-0.1, -0.05) is 19.4 Å². The first-order chi connectivity index (χ1) is 16.9. The van der Waals surface area contributed by atoms with E-state index in [-0.39, 0.29) is 29.5 Å². The van der Waals surface area contributed by atoms with Crippen LogP contribution in [0.3, 0.4) is 0 Å². The number of rotatable bonds is 4. The van der Waals surface area contributed by atoms with Crippen molar-refractivity contribution in [2.75, 3.05) is 6.61 Å². The summed E-state index contributed by atoms with van der Waals surface area (Å²) in [6, 6.07) is 0. The van der Waals surface area contributed by atoms with Crippen LogP contribution in [-0.2, 0) is 14.3 Å². The van der Waals surface area contributed by atoms with Crippen molar-refractivity contribution in [3.8, 4) is 0 Å². The molecule has 0 spiro atoms. The van der Waals surface area contributed by atoms with Crippen molar-refractivity contribution in [1.82, 2.24) is 0 Å². The number of carbonyl (C=O) groups excluding carboxylic acids is 1. The van der Waals surface area contributed by atoms with E-state index in [1.54, 1.807) is 6.92 Å². The number of aliphatic hydroxyl groups excluding tert-OH is 5. The molecule has 0 aromatic heterocycles. The third-order valence-electron chi connectivity index (χ3n) is 11.0. The van der Waals surface area contributed by atoms with Crippen molar-refractivity contribution in [2.45, 2.75) is 114 Å². The van der Waals surface area contributed by atoms with E-state index in [9.17, 15) is 35.4 Å². The van der Waals surface area contributed by atoms with E-state index < -0.39 is 60.5 Å². The van der Waals surface area contributed by atoms with E-state index in [4.69, 9.17) is 9.47 Å². The molecule has 3 saturated carbocycles. The van der Waals surface area contributed by atoms with Crippen LogP contribution in [0.15, 0.2) is 11.6 Å². The zero-order valence-corrected chi connectivity index (χ0v) is 21.4. The van der Waals surface area contributed by atoms with Gasteiger partial charge in [0.2, 0.25) is 0 Å². The Labute approximate surface area is 212 Å². The van der Waals surface area contributed by atoms with Gasteiger partial charge >= 0.3 is 0 Å². The van der Waals surface area contributed by atoms with Gasteiger partial charge in [0.1, 0.15) is 24.4 Å². The second-order valence-corrected chi connectivity index (χ2v) is 12.5. The highest BCUT2D eigenvalue weighted by Crippen LogP contribution is 2.68. The molecule has 13 unspecified atom stereocenters. The van der Waals surface area contributed by atoms with Crippen molar-refractivity contribution in [3.05, 3.63) is 11.6 Å². The van der Waals surface area contributed by atoms with Gasteiger partial charge in [-0.05, 0) is 68.3 Å². The number of hydrogen-bond acceptors (Lipinski definition) is 9. The van der Waals surface area contributed by atoms with Gasteiger partial charge < -0.3 is 40.1 Å². The lowest BCUT2D eigenvalue weighted by Gasteiger charge is -2.59. The number of aliphatic hydroxyl groups is 6. The predicted molar refractivity (Wildman–Crippen MR) is 127 cm³/mol. The third-order valence-corrected chi connectivity index (χ3v) is 11.0. The highest BCUT2D eigenvalue weighted by atomic mass is 16.7. The fraction of sp³-hybridized carbons (Fsp3) is 0.889. The molecule has 0 bridgehead atoms. The van der Waals surface area contributed by atoms with Gasteiger partial charge in [0.25, 0.3) is 0 Å². The Hall–Kier alpha value is -0.910. The number of ether oxygens (including phenoxy) is 2. The highest BCUT2D eigenvalue weighted by Gasteiger charge is 2.69. The van der Waals surface area contributed by atoms with Crippen molar-refractivity contribution >= 4 is 5.78 Å². The van der Waals surface area contributed by atoms with Crippen molar-refractivity contribution in [1.29, 1.82) is 0 Å². The summed E-state index contributed by atoms with van der Waals surface area (Å²) in [6.45, 7) is 5.41. The molecule has 204 valence electrons. The maximum absolute atomic E-state index is 12.1. The van der Waals surface area contributed by atoms with E-state index in [2.05, 4.69) is 6.92 Å². The monoisotopic (exact) mass is 510 g/mol. The number of ketones is 1. The molecule has 4 aliphatic carbocycles. The number of carbonyl (C=O) groups is 1. The van der Waals surface area contributed by atoms with Gasteiger partial charge in [-0.2, -0.15) is 0 Å². The van der Waals surface area contributed by atoms with Gasteiger partial charge in [0, 0.05) is 18.3 Å². The van der Waals surface area contributed by atoms with Crippen LogP contribution in [0.5, 0.6) is 0 Å². The molecule has 1 aliphatic heterocycles. The van der Waals surface area contributed by atoms with Gasteiger partial charge in [0.05, 0.1) is 24.4 Å². The molecule has 0 radical (unpaired) electrons. The minimum atomic E-state index is -1.57. The lowest BCUT2D eigenvalue weighted by molar-refractivity contribution is -0.328. The minimum Gasteiger partial charge on any atom is -0.394 e. The predicted octanol–water partition coefficient (Wildman–Crippen LogP) is 0.425. The minimum absolute atomic E-state index is 0.0585. The SMILES string of the molecule is CC(OC1OC(CO)C(O)C(O)C1O)C1(O)CC(O)C2C3CCC4=CC(=O)CCC4(C)C3CCC21C. The lowest BCUT2D eigenvalue weighted by Crippen LogP contribution is -2.63. The number of hydrogen-bond donors (Lipinski definition) is 6. The summed E-state index contributed by atoms with van der Waals surface area (Å²) in [6.07, 6.45) is -2.03. The fourth-order valence-electron chi connectivity index (χ4n) is 8.83. The summed E-state index contributed by atoms with van der Waals surface area (Å²) in [4.78, 5) is 12.1. The Morgan fingerprint density at radius 1 is 1.08 bits per heavy atom. The molecular formula is C27H42O9. The largest absolute Gasteiger partial charge is 0.394 e. The van der Waals surface area contributed by atoms with Crippen molar-refractivity contribution in [2.24, 2.45) is 28.6 Å². The van der Waals surface area contributed by atoms with Gasteiger partial charge in [-0.25, -0.2) is 0 Å². The molecule has 13 atom stereocenters. The summed E-state index contributed by atoms with van der Waals surface area (Å²) < 4.78 is 11.5. The maximum Gasteiger partial charge on any atom is 0.187 e. The summed E-state index contributed by atoms with van der Waals surface area (Å²) in [5.41, 5.74) is -0.883. The summed E-state index contributed by atoms with van der Waals surface area (Å²) >= 11 is 0. The smallest absolute Gasteiger partial charge is 0.187 e. The van der Waals surface area contributed by atoms with Crippen LogP contribution >= 0.6 is 0 Å². The van der Waals surface area contributed by atoms with Crippen LogP contribution < -0.4 is 0 Å². The first-order valence-electron chi connectivity index (χ1n) is 13.5. The molecule has 0 amide bonds. The van der Waals surface area contributed by atoms with E-state index in [0.717, 1.165) is 25.7 Å². The highest BCUT2D eigenvalue weighted by molar-refractivity contribution is 5.91. The normalized spacial score (nSPS) is 53.8. The molecule has 9 heteroatoms. The molecule has 5 rings (SSSR count). The Bertz CT molecular complexity index is 906. The van der Waals surface area contributed by atoms with E-state index in [0.29, 0.717) is 18.8 Å². The van der Waals surface area contributed by atoms with Crippen molar-refractivity contribution in [3.63, 3.8) is 0 Å². The molecule has 36 heavy (non-hydrogen) atoms. The Morgan fingerprint density at radius 3 is 2.50 bits per heavy atom. The summed E-state index contributed by atoms with van der Waals surface area (Å²) in [5, 5.41) is 63.7. The molecular weight excluding hydrogens is 468 g/mol. The first-order valence-corrected chi connectivity index (χ1v) is 13.5. The first kappa shape index (κ1) is 26.7. The van der Waals surface area contributed by atoms with E-state index >= 15 is 0 Å². The Balaban J connectivity index is 1.39. The summed E-state index contributed by atoms with van der Waals surface area (Å²) in [5.74, 6) is 0.610. The van der Waals surface area contributed by atoms with E-state index in [1.165, 1.54) is 5.57 Å². The Morgan fingerprint density at radius 2 is 1.81 bits per heavy atom. The second-order valence-electron chi connectivity index (χ2n) is 12.5. The van der Waals surface area contributed by atoms with Crippen molar-refractivity contribution < 1.29 is 44.9 Å². The zero-order valence-electron chi connectivity index (χ0n) is 21.4. The van der Waals surface area contributed by atoms with Crippen LogP contribution in [0, 0.1) is 28.6 Å². The zero-order chi connectivity index (χ0) is 26.2. The quantitative estimate of drug-likeness (QED) is 0.315. The molecule has 6 N–H and O–H groups in total. The molecule has 0 aromatic carbocycles. The summed E-state index contributed by atoms with van der Waals surface area (Å²) in [7, 11) is 0. The third kappa shape index (κ3) is 3.69. The lowest BCUT2D eigenvalue weighted by atomic mass is 9.46. The molecule has 9 nitrogen and oxygen atoms in total. The Kier molecular flexibility index (Phi) is 6.74. The van der Waals surface area contributed by atoms with E-state index in [1.807, 2.05) is 13.0 Å². The molecule has 1 saturated heterocycles. The van der Waals surface area contributed by atoms with Crippen LogP contribution in [0.4, 0.5) is 0 Å². The number of fused-ring (bicyclic) bond motifs is 5. The van der Waals surface area contributed by atoms with Crippen LogP contribution in [0.25, 0.3) is 0 Å². The number of allylic oxidation sites excluding steroid dienone is 1. The van der Waals surface area contributed by atoms with Gasteiger partial charge in [-0.3, -0.25) is 4.79 Å². The average molecular weight is 511 g/mol. The molecule has 0 aromatic rings. The van der Waals surface area contributed by atoms with Crippen LogP contribution in [0.1, 0.15) is 65.7 Å². The standard InChI is InChI=1S/C27H42O9/c1-13(35-24-23(33)22(32)21(31)19(12-28)36-24)27(34)11-18(30)20-16-5-4-14-10-15(29)6-8-25(14,2)17(16)7-9-26(20,27)3/h10,13,16-24,28,30-34H,4-9,11-12H2,1-3H3. The van der Waals surface area contributed by atoms with Gasteiger partial charge in [0.15, 0.2) is 12.1 Å². The average Bonchev–Trinajstić information content (AvgIpc) is 3.05. The molecule has 4 fully saturated rings. The molecule has 1 heterocycles. The maximum atomic E-state index is 12.1. The fourth-order valence-corrected chi connectivity index (χ4v) is 8.83. The second kappa shape index (κ2) is 9.09. The topological polar surface area (TPSA) is 157 Å². The van der Waals surface area contributed by atoms with Crippen LogP contribution in [0.2, 0.25) is 0 Å².